The first-order chi connectivity index (χ1) is 8.43. The molecule has 0 saturated carbocycles. The molecule has 1 aromatic carbocycles. The average molecular weight is 250 g/mol. The van der Waals surface area contributed by atoms with Gasteiger partial charge in [-0.2, -0.15) is 0 Å². The summed E-state index contributed by atoms with van der Waals surface area (Å²) in [5.74, 6) is 0.468. The van der Waals surface area contributed by atoms with Gasteiger partial charge in [-0.15, -0.1) is 0 Å². The molecule has 100 valence electrons. The number of rotatable bonds is 2. The van der Waals surface area contributed by atoms with Crippen molar-refractivity contribution in [2.45, 2.75) is 33.7 Å². The molecule has 1 unspecified atom stereocenters. The zero-order valence-electron chi connectivity index (χ0n) is 11.5. The highest BCUT2D eigenvalue weighted by Gasteiger charge is 2.33. The highest BCUT2D eigenvalue weighted by atomic mass is 19.1. The second kappa shape index (κ2) is 4.88. The van der Waals surface area contributed by atoms with Gasteiger partial charge in [0.15, 0.2) is 0 Å². The topological polar surface area (TPSA) is 29.3 Å². The van der Waals surface area contributed by atoms with Crippen molar-refractivity contribution >= 4 is 5.69 Å². The van der Waals surface area contributed by atoms with Gasteiger partial charge in [-0.3, -0.25) is 0 Å². The number of hydrogen-bond acceptors (Lipinski definition) is 2. The van der Waals surface area contributed by atoms with Crippen molar-refractivity contribution in [1.82, 2.24) is 0 Å². The van der Waals surface area contributed by atoms with E-state index in [1.807, 2.05) is 6.07 Å². The Morgan fingerprint density at radius 2 is 2.11 bits per heavy atom. The van der Waals surface area contributed by atoms with E-state index in [2.05, 4.69) is 25.7 Å². The Hall–Kier alpha value is -1.09. The normalized spacial score (nSPS) is 20.5. The SMILES string of the molecule is CC(C)(C)C1CCN(c2c(F)cccc2CN)C1. The van der Waals surface area contributed by atoms with Crippen molar-refractivity contribution in [3.63, 3.8) is 0 Å². The van der Waals surface area contributed by atoms with Gasteiger partial charge in [0.1, 0.15) is 5.82 Å². The molecule has 0 aromatic heterocycles. The van der Waals surface area contributed by atoms with Crippen LogP contribution in [0.2, 0.25) is 0 Å². The standard InChI is InChI=1S/C15H23FN2/c1-15(2,3)12-7-8-18(10-12)14-11(9-17)5-4-6-13(14)16/h4-6,12H,7-10,17H2,1-3H3. The van der Waals surface area contributed by atoms with E-state index in [4.69, 9.17) is 5.73 Å². The van der Waals surface area contributed by atoms with Crippen molar-refractivity contribution in [1.29, 1.82) is 0 Å². The molecular formula is C15H23FN2. The zero-order chi connectivity index (χ0) is 13.3. The fourth-order valence-corrected chi connectivity index (χ4v) is 2.75. The van der Waals surface area contributed by atoms with Crippen molar-refractivity contribution < 1.29 is 4.39 Å². The minimum atomic E-state index is -0.146. The van der Waals surface area contributed by atoms with Gasteiger partial charge in [0.2, 0.25) is 0 Å². The average Bonchev–Trinajstić information content (AvgIpc) is 2.77. The molecule has 18 heavy (non-hydrogen) atoms. The van der Waals surface area contributed by atoms with Crippen LogP contribution in [0, 0.1) is 17.2 Å². The van der Waals surface area contributed by atoms with Crippen LogP contribution in [0.15, 0.2) is 18.2 Å². The van der Waals surface area contributed by atoms with Gasteiger partial charge in [-0.1, -0.05) is 32.9 Å². The fraction of sp³-hybridized carbons (Fsp3) is 0.600. The summed E-state index contributed by atoms with van der Waals surface area (Å²) < 4.78 is 14.0. The van der Waals surface area contributed by atoms with E-state index < -0.39 is 0 Å². The summed E-state index contributed by atoms with van der Waals surface area (Å²) in [6, 6.07) is 5.18. The fourth-order valence-electron chi connectivity index (χ4n) is 2.75. The second-order valence-electron chi connectivity index (χ2n) is 6.25. The van der Waals surface area contributed by atoms with Gasteiger partial charge in [0, 0.05) is 19.6 Å². The summed E-state index contributed by atoms with van der Waals surface area (Å²) in [6.45, 7) is 9.02. The molecule has 2 nitrogen and oxygen atoms in total. The Balaban J connectivity index is 2.24. The van der Waals surface area contributed by atoms with Crippen molar-refractivity contribution in [3.05, 3.63) is 29.6 Å². The van der Waals surface area contributed by atoms with Gasteiger partial charge >= 0.3 is 0 Å². The van der Waals surface area contributed by atoms with Crippen LogP contribution in [0.3, 0.4) is 0 Å². The lowest BCUT2D eigenvalue weighted by Crippen LogP contribution is -2.27. The number of nitrogens with zero attached hydrogens (tertiary/aromatic N) is 1. The maximum Gasteiger partial charge on any atom is 0.146 e. The number of hydrogen-bond donors (Lipinski definition) is 1. The summed E-state index contributed by atoms with van der Waals surface area (Å²) in [5.41, 5.74) is 7.62. The molecule has 1 aromatic rings. The highest BCUT2D eigenvalue weighted by Crippen LogP contribution is 2.37. The van der Waals surface area contributed by atoms with Gasteiger partial charge in [0.05, 0.1) is 5.69 Å². The first kappa shape index (κ1) is 13.3. The van der Waals surface area contributed by atoms with Crippen LogP contribution in [0.25, 0.3) is 0 Å². The first-order valence-electron chi connectivity index (χ1n) is 6.66. The maximum atomic E-state index is 14.0. The summed E-state index contributed by atoms with van der Waals surface area (Å²) in [5, 5.41) is 0. The molecule has 0 spiro atoms. The molecule has 2 N–H and O–H groups in total. The van der Waals surface area contributed by atoms with Crippen LogP contribution >= 0.6 is 0 Å². The molecular weight excluding hydrogens is 227 g/mol. The second-order valence-corrected chi connectivity index (χ2v) is 6.25. The van der Waals surface area contributed by atoms with Gasteiger partial charge < -0.3 is 10.6 Å². The number of para-hydroxylation sites is 1. The number of halogens is 1. The van der Waals surface area contributed by atoms with E-state index in [1.165, 1.54) is 6.07 Å². The van der Waals surface area contributed by atoms with E-state index >= 15 is 0 Å². The quantitative estimate of drug-likeness (QED) is 0.873. The number of benzene rings is 1. The van der Waals surface area contributed by atoms with Crippen LogP contribution in [-0.2, 0) is 6.54 Å². The third-order valence-corrected chi connectivity index (χ3v) is 4.02. The van der Waals surface area contributed by atoms with Gasteiger partial charge in [-0.05, 0) is 29.4 Å². The molecule has 3 heteroatoms. The zero-order valence-corrected chi connectivity index (χ0v) is 11.5. The van der Waals surface area contributed by atoms with E-state index in [0.29, 0.717) is 18.2 Å². The van der Waals surface area contributed by atoms with Gasteiger partial charge in [-0.25, -0.2) is 4.39 Å². The third kappa shape index (κ3) is 2.51. The Labute approximate surface area is 109 Å². The Bertz CT molecular complexity index is 423. The lowest BCUT2D eigenvalue weighted by atomic mass is 9.80. The van der Waals surface area contributed by atoms with Crippen LogP contribution in [0.1, 0.15) is 32.8 Å². The Morgan fingerprint density at radius 1 is 1.39 bits per heavy atom. The molecule has 1 atom stereocenters. The predicted molar refractivity (Wildman–Crippen MR) is 74.1 cm³/mol. The number of anilines is 1. The molecule has 1 saturated heterocycles. The van der Waals surface area contributed by atoms with Crippen LogP contribution in [-0.4, -0.2) is 13.1 Å². The molecule has 1 heterocycles. The number of nitrogens with two attached hydrogens (primary N) is 1. The van der Waals surface area contributed by atoms with E-state index in [9.17, 15) is 4.39 Å². The van der Waals surface area contributed by atoms with Gasteiger partial charge in [0.25, 0.3) is 0 Å². The minimum absolute atomic E-state index is 0.146. The molecule has 1 aliphatic heterocycles. The first-order valence-corrected chi connectivity index (χ1v) is 6.66. The van der Waals surface area contributed by atoms with Crippen molar-refractivity contribution in [3.8, 4) is 0 Å². The largest absolute Gasteiger partial charge is 0.369 e. The molecule has 0 amide bonds. The predicted octanol–water partition coefficient (Wildman–Crippen LogP) is 3.16. The molecule has 2 rings (SSSR count). The minimum Gasteiger partial charge on any atom is -0.369 e. The Morgan fingerprint density at radius 3 is 2.67 bits per heavy atom. The molecule has 0 aliphatic carbocycles. The molecule has 1 aliphatic rings. The monoisotopic (exact) mass is 250 g/mol. The molecule has 0 radical (unpaired) electrons. The van der Waals surface area contributed by atoms with Crippen LogP contribution < -0.4 is 10.6 Å². The lowest BCUT2D eigenvalue weighted by molar-refractivity contribution is 0.263. The summed E-state index contributed by atoms with van der Waals surface area (Å²) in [6.07, 6.45) is 1.13. The van der Waals surface area contributed by atoms with Crippen molar-refractivity contribution in [2.75, 3.05) is 18.0 Å². The van der Waals surface area contributed by atoms with E-state index in [-0.39, 0.29) is 11.2 Å². The lowest BCUT2D eigenvalue weighted by Gasteiger charge is -2.28. The maximum absolute atomic E-state index is 14.0. The third-order valence-electron chi connectivity index (χ3n) is 4.02. The van der Waals surface area contributed by atoms with Crippen LogP contribution in [0.4, 0.5) is 10.1 Å². The molecule has 1 fully saturated rings. The van der Waals surface area contributed by atoms with E-state index in [0.717, 1.165) is 25.1 Å². The summed E-state index contributed by atoms with van der Waals surface area (Å²) in [7, 11) is 0. The van der Waals surface area contributed by atoms with Crippen molar-refractivity contribution in [2.24, 2.45) is 17.1 Å². The molecule has 0 bridgehead atoms. The summed E-state index contributed by atoms with van der Waals surface area (Å²) in [4.78, 5) is 2.16. The summed E-state index contributed by atoms with van der Waals surface area (Å²) >= 11 is 0. The smallest absolute Gasteiger partial charge is 0.146 e. The van der Waals surface area contributed by atoms with E-state index in [1.54, 1.807) is 6.07 Å². The highest BCUT2D eigenvalue weighted by molar-refractivity contribution is 5.55. The van der Waals surface area contributed by atoms with Crippen LogP contribution in [0.5, 0.6) is 0 Å². The Kier molecular flexibility index (Phi) is 3.62.